The smallest absolute Gasteiger partial charge is 0.213 e. The molecule has 2 fully saturated rings. The van der Waals surface area contributed by atoms with Crippen molar-refractivity contribution in [3.63, 3.8) is 0 Å². The normalized spacial score (nSPS) is 18.1. The number of piperidine rings is 1. The Kier molecular flexibility index (Phi) is 7.42. The maximum Gasteiger partial charge on any atom is 0.213 e. The summed E-state index contributed by atoms with van der Waals surface area (Å²) in [4.78, 5) is 16.2. The van der Waals surface area contributed by atoms with Gasteiger partial charge in [-0.15, -0.1) is 0 Å². The van der Waals surface area contributed by atoms with E-state index in [0.717, 1.165) is 73.6 Å². The summed E-state index contributed by atoms with van der Waals surface area (Å²) in [5.41, 5.74) is 3.72. The Morgan fingerprint density at radius 1 is 1.13 bits per heavy atom. The van der Waals surface area contributed by atoms with Gasteiger partial charge in [0.05, 0.1) is 41.4 Å². The molecule has 2 aliphatic rings. The standard InChI is InChI=1S/C29H28ClFN6O2/c30-24-5-4-19(13-25(24)31)12-20-2-1-3-29(34-20)39-22-6-9-36(10-7-22)18-28-35-26-14-21(15-32)33-16-27(26)37(28)17-23-8-11-38-23/h1-5,13-14,16,22-23H,6-12,17-18H2/t23-/m0/s1. The highest BCUT2D eigenvalue weighted by Gasteiger charge is 2.25. The zero-order valence-corrected chi connectivity index (χ0v) is 22.1. The molecule has 0 spiro atoms. The first kappa shape index (κ1) is 25.7. The van der Waals surface area contributed by atoms with Crippen LogP contribution in [-0.2, 0) is 24.2 Å². The van der Waals surface area contributed by atoms with Gasteiger partial charge in [0.25, 0.3) is 0 Å². The summed E-state index contributed by atoms with van der Waals surface area (Å²) in [6.45, 7) is 4.00. The van der Waals surface area contributed by atoms with Crippen LogP contribution < -0.4 is 4.74 Å². The van der Waals surface area contributed by atoms with E-state index in [1.807, 2.05) is 24.3 Å². The number of benzene rings is 1. The molecule has 39 heavy (non-hydrogen) atoms. The third-order valence-corrected chi connectivity index (χ3v) is 7.65. The summed E-state index contributed by atoms with van der Waals surface area (Å²) in [6.07, 6.45) is 5.30. The predicted octanol–water partition coefficient (Wildman–Crippen LogP) is 4.91. The van der Waals surface area contributed by atoms with E-state index in [9.17, 15) is 9.65 Å². The first-order chi connectivity index (χ1) is 19.0. The Labute approximate surface area is 231 Å². The van der Waals surface area contributed by atoms with E-state index in [4.69, 9.17) is 26.1 Å². The molecule has 0 unspecified atom stereocenters. The van der Waals surface area contributed by atoms with Gasteiger partial charge in [0.2, 0.25) is 5.88 Å². The molecule has 0 N–H and O–H groups in total. The van der Waals surface area contributed by atoms with Gasteiger partial charge < -0.3 is 14.0 Å². The van der Waals surface area contributed by atoms with Crippen LogP contribution in [-0.4, -0.2) is 56.3 Å². The first-order valence-corrected chi connectivity index (χ1v) is 13.6. The van der Waals surface area contributed by atoms with Crippen molar-refractivity contribution in [3.8, 4) is 11.9 Å². The summed E-state index contributed by atoms with van der Waals surface area (Å²) in [6, 6.07) is 14.4. The number of pyridine rings is 2. The lowest BCUT2D eigenvalue weighted by Gasteiger charge is -2.32. The highest BCUT2D eigenvalue weighted by Crippen LogP contribution is 2.25. The quantitative estimate of drug-likeness (QED) is 0.310. The average molecular weight is 547 g/mol. The second-order valence-electron chi connectivity index (χ2n) is 10.1. The molecular weight excluding hydrogens is 519 g/mol. The largest absolute Gasteiger partial charge is 0.474 e. The number of nitriles is 1. The van der Waals surface area contributed by atoms with E-state index in [0.29, 0.717) is 24.5 Å². The van der Waals surface area contributed by atoms with Crippen molar-refractivity contribution in [2.45, 2.75) is 51.0 Å². The lowest BCUT2D eigenvalue weighted by Crippen LogP contribution is -2.39. The average Bonchev–Trinajstić information content (AvgIpc) is 3.25. The van der Waals surface area contributed by atoms with E-state index in [-0.39, 0.29) is 17.2 Å². The van der Waals surface area contributed by atoms with Crippen LogP contribution in [0.5, 0.6) is 5.88 Å². The van der Waals surface area contributed by atoms with Gasteiger partial charge in [-0.25, -0.2) is 19.3 Å². The summed E-state index contributed by atoms with van der Waals surface area (Å²) >= 11 is 5.80. The maximum atomic E-state index is 13.8. The molecule has 0 bridgehead atoms. The summed E-state index contributed by atoms with van der Waals surface area (Å²) in [7, 11) is 0. The monoisotopic (exact) mass is 546 g/mol. The molecule has 4 aromatic rings. The van der Waals surface area contributed by atoms with Gasteiger partial charge in [-0.1, -0.05) is 23.7 Å². The van der Waals surface area contributed by atoms with Crippen LogP contribution in [0.1, 0.15) is 42.0 Å². The third kappa shape index (κ3) is 5.88. The van der Waals surface area contributed by atoms with Gasteiger partial charge in [0.1, 0.15) is 29.5 Å². The fraction of sp³-hybridized carbons (Fsp3) is 0.379. The topological polar surface area (TPSA) is 89.1 Å². The number of rotatable bonds is 8. The van der Waals surface area contributed by atoms with E-state index < -0.39 is 5.82 Å². The minimum Gasteiger partial charge on any atom is -0.474 e. The van der Waals surface area contributed by atoms with Crippen molar-refractivity contribution in [1.29, 1.82) is 5.26 Å². The van der Waals surface area contributed by atoms with Crippen LogP contribution in [0.15, 0.2) is 48.7 Å². The van der Waals surface area contributed by atoms with Crippen LogP contribution in [0, 0.1) is 17.1 Å². The summed E-state index contributed by atoms with van der Waals surface area (Å²) in [5, 5.41) is 9.36. The highest BCUT2D eigenvalue weighted by atomic mass is 35.5. The van der Waals surface area contributed by atoms with Crippen molar-refractivity contribution in [1.82, 2.24) is 24.4 Å². The van der Waals surface area contributed by atoms with Gasteiger partial charge >= 0.3 is 0 Å². The Hall–Kier alpha value is -3.58. The minimum absolute atomic E-state index is 0.0709. The molecule has 0 saturated carbocycles. The molecular formula is C29H28ClFN6O2. The third-order valence-electron chi connectivity index (χ3n) is 7.35. The van der Waals surface area contributed by atoms with E-state index in [1.165, 1.54) is 6.07 Å². The maximum absolute atomic E-state index is 13.8. The molecule has 200 valence electrons. The second-order valence-corrected chi connectivity index (χ2v) is 10.5. The molecule has 0 aliphatic carbocycles. The second kappa shape index (κ2) is 11.3. The number of hydrogen-bond donors (Lipinski definition) is 0. The Morgan fingerprint density at radius 2 is 1.97 bits per heavy atom. The number of hydrogen-bond acceptors (Lipinski definition) is 7. The summed E-state index contributed by atoms with van der Waals surface area (Å²) < 4.78 is 27.9. The fourth-order valence-corrected chi connectivity index (χ4v) is 5.25. The predicted molar refractivity (Wildman–Crippen MR) is 144 cm³/mol. The molecule has 2 saturated heterocycles. The zero-order chi connectivity index (χ0) is 26.8. The fourth-order valence-electron chi connectivity index (χ4n) is 5.13. The summed E-state index contributed by atoms with van der Waals surface area (Å²) in [5.74, 6) is 1.12. The Balaban J connectivity index is 1.08. The molecule has 3 aromatic heterocycles. The lowest BCUT2D eigenvalue weighted by atomic mass is 10.1. The van der Waals surface area contributed by atoms with Crippen LogP contribution in [0.3, 0.4) is 0 Å². The van der Waals surface area contributed by atoms with Gasteiger partial charge in [0.15, 0.2) is 0 Å². The number of ether oxygens (including phenoxy) is 2. The molecule has 6 rings (SSSR count). The zero-order valence-electron chi connectivity index (χ0n) is 21.4. The van der Waals surface area contributed by atoms with Gasteiger partial charge in [-0.2, -0.15) is 5.26 Å². The van der Waals surface area contributed by atoms with Crippen LogP contribution in [0.4, 0.5) is 4.39 Å². The number of imidazole rings is 1. The molecule has 0 amide bonds. The van der Waals surface area contributed by atoms with Crippen molar-refractivity contribution in [2.24, 2.45) is 0 Å². The van der Waals surface area contributed by atoms with Crippen LogP contribution in [0.25, 0.3) is 11.0 Å². The van der Waals surface area contributed by atoms with Gasteiger partial charge in [-0.05, 0) is 43.0 Å². The number of fused-ring (bicyclic) bond motifs is 1. The van der Waals surface area contributed by atoms with E-state index in [1.54, 1.807) is 18.3 Å². The molecule has 1 aromatic carbocycles. The van der Waals surface area contributed by atoms with Crippen molar-refractivity contribution in [2.75, 3.05) is 19.7 Å². The molecule has 8 nitrogen and oxygen atoms in total. The number of likely N-dealkylation sites (tertiary alicyclic amines) is 1. The van der Waals surface area contributed by atoms with Crippen LogP contribution >= 0.6 is 11.6 Å². The number of nitrogens with zero attached hydrogens (tertiary/aromatic N) is 6. The van der Waals surface area contributed by atoms with Gasteiger partial charge in [0, 0.05) is 43.9 Å². The Morgan fingerprint density at radius 3 is 2.72 bits per heavy atom. The first-order valence-electron chi connectivity index (χ1n) is 13.2. The van der Waals surface area contributed by atoms with Gasteiger partial charge in [-0.3, -0.25) is 4.90 Å². The highest BCUT2D eigenvalue weighted by molar-refractivity contribution is 6.30. The van der Waals surface area contributed by atoms with E-state index >= 15 is 0 Å². The minimum atomic E-state index is -0.427. The molecule has 0 radical (unpaired) electrons. The molecule has 5 heterocycles. The molecule has 2 aliphatic heterocycles. The lowest BCUT2D eigenvalue weighted by molar-refractivity contribution is -0.0592. The van der Waals surface area contributed by atoms with E-state index in [2.05, 4.69) is 25.5 Å². The number of halogens is 2. The van der Waals surface area contributed by atoms with Crippen molar-refractivity contribution < 1.29 is 13.9 Å². The van der Waals surface area contributed by atoms with Crippen molar-refractivity contribution in [3.05, 3.63) is 82.3 Å². The molecule has 10 heteroatoms. The number of aromatic nitrogens is 4. The van der Waals surface area contributed by atoms with Crippen molar-refractivity contribution >= 4 is 22.6 Å². The van der Waals surface area contributed by atoms with Crippen LogP contribution in [0.2, 0.25) is 5.02 Å². The molecule has 1 atom stereocenters. The Bertz CT molecular complexity index is 1520. The SMILES string of the molecule is N#Cc1cc2nc(CN3CCC(Oc4cccc(Cc5ccc(Cl)c(F)c5)n4)CC3)n(C[C@@H]3CCO3)c2cn1.